The lowest BCUT2D eigenvalue weighted by atomic mass is 10.1. The molecule has 0 aliphatic rings. The molecule has 0 saturated carbocycles. The summed E-state index contributed by atoms with van der Waals surface area (Å²) in [6.45, 7) is 5.74. The van der Waals surface area contributed by atoms with Crippen molar-refractivity contribution in [1.82, 2.24) is 0 Å². The number of benzene rings is 1. The molecule has 2 rings (SSSR count). The third-order valence-corrected chi connectivity index (χ3v) is 5.19. The Labute approximate surface area is 158 Å². The fourth-order valence-corrected chi connectivity index (χ4v) is 3.80. The first-order chi connectivity index (χ1) is 12.5. The second-order valence-corrected chi connectivity index (χ2v) is 7.04. The average molecular weight is 375 g/mol. The molecule has 0 saturated heterocycles. The maximum absolute atomic E-state index is 12.4. The summed E-state index contributed by atoms with van der Waals surface area (Å²) in [7, 11) is 1.53. The zero-order chi connectivity index (χ0) is 19.1. The van der Waals surface area contributed by atoms with Gasteiger partial charge in [-0.25, -0.2) is 4.79 Å². The minimum absolute atomic E-state index is 0.399. The Kier molecular flexibility index (Phi) is 7.21. The van der Waals surface area contributed by atoms with E-state index in [-0.39, 0.29) is 0 Å². The third-order valence-electron chi connectivity index (χ3n) is 3.97. The van der Waals surface area contributed by atoms with E-state index in [0.29, 0.717) is 16.3 Å². The van der Waals surface area contributed by atoms with Crippen LogP contribution in [0.25, 0.3) is 0 Å². The SMILES string of the molecule is CCCc1sc(C(=O)O[C@H](C)C(=O)Nc2ccccc2OC)cc1CC. The molecular formula is C20H25NO4S. The highest BCUT2D eigenvalue weighted by Crippen LogP contribution is 2.26. The first kappa shape index (κ1) is 20.0. The molecule has 1 N–H and O–H groups in total. The Morgan fingerprint density at radius 2 is 1.96 bits per heavy atom. The zero-order valence-corrected chi connectivity index (χ0v) is 16.4. The van der Waals surface area contributed by atoms with E-state index in [1.165, 1.54) is 28.9 Å². The van der Waals surface area contributed by atoms with Gasteiger partial charge in [-0.3, -0.25) is 4.79 Å². The summed E-state index contributed by atoms with van der Waals surface area (Å²) in [6, 6.07) is 8.97. The molecule has 0 aliphatic carbocycles. The van der Waals surface area contributed by atoms with Crippen molar-refractivity contribution in [3.05, 3.63) is 45.6 Å². The van der Waals surface area contributed by atoms with Crippen LogP contribution in [0.4, 0.5) is 5.69 Å². The van der Waals surface area contributed by atoms with Gasteiger partial charge in [0.2, 0.25) is 0 Å². The Morgan fingerprint density at radius 1 is 1.23 bits per heavy atom. The van der Waals surface area contributed by atoms with Crippen molar-refractivity contribution in [2.24, 2.45) is 0 Å². The molecular weight excluding hydrogens is 350 g/mol. The van der Waals surface area contributed by atoms with E-state index in [1.54, 1.807) is 25.1 Å². The summed E-state index contributed by atoms with van der Waals surface area (Å²) in [5.41, 5.74) is 1.72. The highest BCUT2D eigenvalue weighted by molar-refractivity contribution is 7.14. The highest BCUT2D eigenvalue weighted by Gasteiger charge is 2.22. The predicted octanol–water partition coefficient (Wildman–Crippen LogP) is 4.46. The van der Waals surface area contributed by atoms with Crippen LogP contribution >= 0.6 is 11.3 Å². The summed E-state index contributed by atoms with van der Waals surface area (Å²) < 4.78 is 10.6. The van der Waals surface area contributed by atoms with Crippen LogP contribution < -0.4 is 10.1 Å². The predicted molar refractivity (Wildman–Crippen MR) is 104 cm³/mol. The largest absolute Gasteiger partial charge is 0.495 e. The molecule has 1 aromatic heterocycles. The lowest BCUT2D eigenvalue weighted by Gasteiger charge is -2.14. The van der Waals surface area contributed by atoms with Crippen LogP contribution in [0.15, 0.2) is 30.3 Å². The Bertz CT molecular complexity index is 769. The van der Waals surface area contributed by atoms with Crippen molar-refractivity contribution in [3.8, 4) is 5.75 Å². The second kappa shape index (κ2) is 9.38. The molecule has 26 heavy (non-hydrogen) atoms. The number of hydrogen-bond acceptors (Lipinski definition) is 5. The van der Waals surface area contributed by atoms with E-state index in [1.807, 2.05) is 12.1 Å². The van der Waals surface area contributed by atoms with Crippen LogP contribution in [-0.4, -0.2) is 25.1 Å². The number of thiophene rings is 1. The van der Waals surface area contributed by atoms with Gasteiger partial charge in [-0.05, 0) is 43.5 Å². The van der Waals surface area contributed by atoms with Gasteiger partial charge in [0, 0.05) is 4.88 Å². The number of anilines is 1. The molecule has 2 aromatic rings. The molecule has 0 radical (unpaired) electrons. The van der Waals surface area contributed by atoms with E-state index in [0.717, 1.165) is 19.3 Å². The minimum Gasteiger partial charge on any atom is -0.495 e. The van der Waals surface area contributed by atoms with Crippen molar-refractivity contribution >= 4 is 28.9 Å². The van der Waals surface area contributed by atoms with Crippen molar-refractivity contribution in [3.63, 3.8) is 0 Å². The molecule has 0 aliphatic heterocycles. The molecule has 1 atom stereocenters. The number of rotatable bonds is 8. The monoisotopic (exact) mass is 375 g/mol. The molecule has 0 spiro atoms. The highest BCUT2D eigenvalue weighted by atomic mass is 32.1. The molecule has 0 bridgehead atoms. The molecule has 1 heterocycles. The zero-order valence-electron chi connectivity index (χ0n) is 15.6. The maximum Gasteiger partial charge on any atom is 0.349 e. The van der Waals surface area contributed by atoms with Crippen molar-refractivity contribution in [1.29, 1.82) is 0 Å². The quantitative estimate of drug-likeness (QED) is 0.692. The van der Waals surface area contributed by atoms with Gasteiger partial charge in [-0.1, -0.05) is 32.4 Å². The molecule has 0 fully saturated rings. The smallest absolute Gasteiger partial charge is 0.349 e. The number of carbonyl (C=O) groups excluding carboxylic acids is 2. The summed E-state index contributed by atoms with van der Waals surface area (Å²) in [5, 5.41) is 2.73. The van der Waals surface area contributed by atoms with Crippen LogP contribution in [-0.2, 0) is 22.4 Å². The number of ether oxygens (including phenoxy) is 2. The summed E-state index contributed by atoms with van der Waals surface area (Å²) in [6.07, 6.45) is 1.95. The van der Waals surface area contributed by atoms with E-state index in [9.17, 15) is 9.59 Å². The van der Waals surface area contributed by atoms with Gasteiger partial charge >= 0.3 is 5.97 Å². The van der Waals surface area contributed by atoms with Crippen LogP contribution in [0.2, 0.25) is 0 Å². The average Bonchev–Trinajstić information content (AvgIpc) is 3.05. The standard InChI is InChI=1S/C20H25NO4S/c1-5-9-17-14(6-2)12-18(26-17)20(23)25-13(3)19(22)21-15-10-7-8-11-16(15)24-4/h7-8,10-13H,5-6,9H2,1-4H3,(H,21,22)/t13-/m1/s1. The summed E-state index contributed by atoms with van der Waals surface area (Å²) in [5.74, 6) is -0.312. The third kappa shape index (κ3) is 4.85. The Balaban J connectivity index is 2.03. The maximum atomic E-state index is 12.4. The van der Waals surface area contributed by atoms with E-state index < -0.39 is 18.0 Å². The first-order valence-electron chi connectivity index (χ1n) is 8.76. The van der Waals surface area contributed by atoms with Crippen LogP contribution in [0.3, 0.4) is 0 Å². The van der Waals surface area contributed by atoms with Crippen LogP contribution in [0.5, 0.6) is 5.75 Å². The van der Waals surface area contributed by atoms with E-state index in [4.69, 9.17) is 9.47 Å². The number of esters is 1. The van der Waals surface area contributed by atoms with Gasteiger partial charge in [0.05, 0.1) is 12.8 Å². The fourth-order valence-electron chi connectivity index (χ4n) is 2.56. The number of amides is 1. The second-order valence-electron chi connectivity index (χ2n) is 5.90. The number of nitrogens with one attached hydrogen (secondary N) is 1. The topological polar surface area (TPSA) is 64.6 Å². The lowest BCUT2D eigenvalue weighted by molar-refractivity contribution is -0.123. The minimum atomic E-state index is -0.908. The normalized spacial score (nSPS) is 11.7. The van der Waals surface area contributed by atoms with Crippen molar-refractivity contribution in [2.45, 2.75) is 46.1 Å². The van der Waals surface area contributed by atoms with Crippen LogP contribution in [0.1, 0.15) is 47.3 Å². The molecule has 140 valence electrons. The first-order valence-corrected chi connectivity index (χ1v) is 9.58. The fraction of sp³-hybridized carbons (Fsp3) is 0.400. The van der Waals surface area contributed by atoms with Gasteiger partial charge in [-0.2, -0.15) is 0 Å². The summed E-state index contributed by atoms with van der Waals surface area (Å²) >= 11 is 1.45. The molecule has 6 heteroatoms. The van der Waals surface area contributed by atoms with Crippen LogP contribution in [0, 0.1) is 0 Å². The molecule has 1 aromatic carbocycles. The summed E-state index contributed by atoms with van der Waals surface area (Å²) in [4.78, 5) is 26.5. The van der Waals surface area contributed by atoms with Gasteiger partial charge in [0.25, 0.3) is 5.91 Å². The Hall–Kier alpha value is -2.34. The Morgan fingerprint density at radius 3 is 2.62 bits per heavy atom. The van der Waals surface area contributed by atoms with Gasteiger partial charge < -0.3 is 14.8 Å². The van der Waals surface area contributed by atoms with Crippen molar-refractivity contribution < 1.29 is 19.1 Å². The van der Waals surface area contributed by atoms with Crippen molar-refractivity contribution in [2.75, 3.05) is 12.4 Å². The molecule has 1 amide bonds. The van der Waals surface area contributed by atoms with E-state index in [2.05, 4.69) is 19.2 Å². The number of para-hydroxylation sites is 2. The lowest BCUT2D eigenvalue weighted by Crippen LogP contribution is -2.29. The number of methoxy groups -OCH3 is 1. The molecule has 5 nitrogen and oxygen atoms in total. The number of aryl methyl sites for hydroxylation is 2. The number of hydrogen-bond donors (Lipinski definition) is 1. The van der Waals surface area contributed by atoms with Gasteiger partial charge in [-0.15, -0.1) is 11.3 Å². The van der Waals surface area contributed by atoms with Gasteiger partial charge in [0.1, 0.15) is 10.6 Å². The molecule has 0 unspecified atom stereocenters. The number of carbonyl (C=O) groups is 2. The van der Waals surface area contributed by atoms with Gasteiger partial charge in [0.15, 0.2) is 6.10 Å². The van der Waals surface area contributed by atoms with E-state index >= 15 is 0 Å².